The van der Waals surface area contributed by atoms with Crippen LogP contribution in [0.4, 0.5) is 0 Å². The Morgan fingerprint density at radius 3 is 2.33 bits per heavy atom. The molecule has 6 N–H and O–H groups in total. The van der Waals surface area contributed by atoms with Crippen molar-refractivity contribution in [3.8, 4) is 45.8 Å². The number of carbonyl (C=O) groups is 1. The lowest BCUT2D eigenvalue weighted by atomic mass is 9.99. The zero-order valence-corrected chi connectivity index (χ0v) is 24.4. The molecule has 242 valence electrons. The fourth-order valence-electron chi connectivity index (χ4n) is 4.72. The van der Waals surface area contributed by atoms with Crippen molar-refractivity contribution in [1.82, 2.24) is 0 Å². The van der Waals surface area contributed by atoms with Gasteiger partial charge >= 0.3 is 5.97 Å². The van der Waals surface area contributed by atoms with Crippen LogP contribution < -0.4 is 19.6 Å². The average molecular weight is 639 g/mol. The molecule has 4 aromatic rings. The Hall–Kier alpha value is -5.28. The predicted molar refractivity (Wildman–Crippen MR) is 160 cm³/mol. The van der Waals surface area contributed by atoms with Crippen molar-refractivity contribution >= 4 is 23.0 Å². The highest BCUT2D eigenvalue weighted by Gasteiger charge is 2.46. The molecule has 5 rings (SSSR count). The number of ether oxygens (including phenoxy) is 5. The fraction of sp³-hybridized carbons (Fsp3) is 0.250. The average Bonchev–Trinajstić information content (AvgIpc) is 3.05. The van der Waals surface area contributed by atoms with Crippen molar-refractivity contribution in [3.05, 3.63) is 76.5 Å². The number of carbonyl (C=O) groups excluding carboxylic acids is 1. The molecule has 0 amide bonds. The third-order valence-corrected chi connectivity index (χ3v) is 7.18. The Bertz CT molecular complexity index is 1810. The minimum atomic E-state index is -1.90. The maximum atomic E-state index is 13.8. The highest BCUT2D eigenvalue weighted by molar-refractivity contribution is 5.88. The number of aliphatic hydroxyl groups excluding tert-OH is 3. The summed E-state index contributed by atoms with van der Waals surface area (Å²) in [5.74, 6) is -2.10. The van der Waals surface area contributed by atoms with Crippen LogP contribution in [0.15, 0.2) is 69.9 Å². The van der Waals surface area contributed by atoms with E-state index in [1.54, 1.807) is 12.1 Å². The third kappa shape index (κ3) is 6.55. The van der Waals surface area contributed by atoms with Gasteiger partial charge < -0.3 is 58.7 Å². The van der Waals surface area contributed by atoms with E-state index in [0.717, 1.165) is 6.08 Å². The Balaban J connectivity index is 1.46. The van der Waals surface area contributed by atoms with Crippen molar-refractivity contribution in [3.63, 3.8) is 0 Å². The van der Waals surface area contributed by atoms with E-state index in [0.29, 0.717) is 5.56 Å². The van der Waals surface area contributed by atoms with Crippen molar-refractivity contribution < 1.29 is 63.5 Å². The molecule has 46 heavy (non-hydrogen) atoms. The van der Waals surface area contributed by atoms with E-state index in [4.69, 9.17) is 28.1 Å². The van der Waals surface area contributed by atoms with Gasteiger partial charge in [0.1, 0.15) is 59.2 Å². The van der Waals surface area contributed by atoms with E-state index >= 15 is 0 Å². The van der Waals surface area contributed by atoms with Crippen molar-refractivity contribution in [2.45, 2.75) is 30.7 Å². The molecular weight excluding hydrogens is 608 g/mol. The first kappa shape index (κ1) is 32.1. The molecule has 0 spiro atoms. The van der Waals surface area contributed by atoms with Gasteiger partial charge in [-0.2, -0.15) is 0 Å². The van der Waals surface area contributed by atoms with Crippen LogP contribution in [0.25, 0.3) is 28.4 Å². The van der Waals surface area contributed by atoms with Crippen LogP contribution >= 0.6 is 0 Å². The molecule has 14 nitrogen and oxygen atoms in total. The highest BCUT2D eigenvalue weighted by Crippen LogP contribution is 2.39. The second-order valence-corrected chi connectivity index (χ2v) is 10.2. The van der Waals surface area contributed by atoms with Crippen LogP contribution in [0.3, 0.4) is 0 Å². The summed E-state index contributed by atoms with van der Waals surface area (Å²) in [6.45, 7) is -0.585. The van der Waals surface area contributed by atoms with Crippen LogP contribution in [-0.4, -0.2) is 88.1 Å². The van der Waals surface area contributed by atoms with E-state index in [1.807, 2.05) is 0 Å². The molecular formula is C32H30O14. The number of aromatic hydroxyl groups is 3. The second-order valence-electron chi connectivity index (χ2n) is 10.2. The van der Waals surface area contributed by atoms with Crippen LogP contribution in [0.1, 0.15) is 5.56 Å². The number of benzene rings is 3. The van der Waals surface area contributed by atoms with Gasteiger partial charge in [0.05, 0.1) is 14.2 Å². The van der Waals surface area contributed by atoms with Gasteiger partial charge in [0.2, 0.25) is 17.5 Å². The minimum absolute atomic E-state index is 0.0218. The summed E-state index contributed by atoms with van der Waals surface area (Å²) in [6.07, 6.45) is -6.20. The number of methoxy groups -OCH3 is 2. The van der Waals surface area contributed by atoms with Gasteiger partial charge in [-0.1, -0.05) is 12.1 Å². The van der Waals surface area contributed by atoms with E-state index in [9.17, 15) is 40.2 Å². The maximum absolute atomic E-state index is 13.8. The monoisotopic (exact) mass is 638 g/mol. The number of hydrogen-bond donors (Lipinski definition) is 6. The molecule has 0 saturated carbocycles. The quantitative estimate of drug-likeness (QED) is 0.114. The van der Waals surface area contributed by atoms with Gasteiger partial charge in [-0.25, -0.2) is 4.79 Å². The van der Waals surface area contributed by atoms with Gasteiger partial charge in [-0.05, 0) is 42.0 Å². The molecule has 5 atom stereocenters. The summed E-state index contributed by atoms with van der Waals surface area (Å²) in [4.78, 5) is 26.1. The normalized spacial score (nSPS) is 21.3. The smallest absolute Gasteiger partial charge is 0.330 e. The van der Waals surface area contributed by atoms with E-state index in [1.165, 1.54) is 62.8 Å². The number of phenols is 3. The van der Waals surface area contributed by atoms with E-state index in [2.05, 4.69) is 0 Å². The van der Waals surface area contributed by atoms with Crippen LogP contribution in [-0.2, 0) is 14.3 Å². The fourth-order valence-corrected chi connectivity index (χ4v) is 4.72. The molecule has 1 aliphatic rings. The van der Waals surface area contributed by atoms with Crippen molar-refractivity contribution in [1.29, 1.82) is 0 Å². The van der Waals surface area contributed by atoms with Gasteiger partial charge in [-0.3, -0.25) is 4.79 Å². The van der Waals surface area contributed by atoms with Gasteiger partial charge in [0.15, 0.2) is 17.3 Å². The summed E-state index contributed by atoms with van der Waals surface area (Å²) >= 11 is 0. The number of phenolic OH excluding ortho intramolecular Hbond substituents is 3. The summed E-state index contributed by atoms with van der Waals surface area (Å²) < 4.78 is 32.9. The maximum Gasteiger partial charge on any atom is 0.330 e. The number of fused-ring (bicyclic) bond motifs is 1. The summed E-state index contributed by atoms with van der Waals surface area (Å²) in [5.41, 5.74) is -0.233. The molecule has 0 unspecified atom stereocenters. The predicted octanol–water partition coefficient (Wildman–Crippen LogP) is 2.04. The van der Waals surface area contributed by atoms with Gasteiger partial charge in [0.25, 0.3) is 0 Å². The van der Waals surface area contributed by atoms with E-state index in [-0.39, 0.29) is 45.3 Å². The molecule has 0 bridgehead atoms. The summed E-state index contributed by atoms with van der Waals surface area (Å²) in [6, 6.07) is 12.5. The van der Waals surface area contributed by atoms with E-state index < -0.39 is 60.2 Å². The topological polar surface area (TPSA) is 215 Å². The Labute approximate surface area is 260 Å². The zero-order valence-electron chi connectivity index (χ0n) is 24.4. The SMILES string of the molecule is COc1cc(O)c2c(=O)c(O[C@@H]3O[C@H](COC(=O)/C=C/c4ccc(O)cc4)[C@@H](O)[C@H](O)[C@H]3O)c(-c3ccc(O)c(OC)c3)oc2c1. The number of hydrogen-bond acceptors (Lipinski definition) is 14. The Morgan fingerprint density at radius 1 is 0.891 bits per heavy atom. The third-order valence-electron chi connectivity index (χ3n) is 7.18. The molecule has 0 radical (unpaired) electrons. The Kier molecular flexibility index (Phi) is 9.34. The van der Waals surface area contributed by atoms with Gasteiger partial charge in [0, 0.05) is 23.8 Å². The van der Waals surface area contributed by atoms with Crippen LogP contribution in [0, 0.1) is 0 Å². The summed E-state index contributed by atoms with van der Waals surface area (Å²) in [5, 5.41) is 61.7. The van der Waals surface area contributed by atoms with Gasteiger partial charge in [-0.15, -0.1) is 0 Å². The molecule has 3 aromatic carbocycles. The molecule has 1 saturated heterocycles. The summed E-state index contributed by atoms with van der Waals surface area (Å²) in [7, 11) is 2.66. The lowest BCUT2D eigenvalue weighted by molar-refractivity contribution is -0.278. The van der Waals surface area contributed by atoms with Crippen molar-refractivity contribution in [2.24, 2.45) is 0 Å². The lowest BCUT2D eigenvalue weighted by Crippen LogP contribution is -2.60. The zero-order chi connectivity index (χ0) is 33.1. The minimum Gasteiger partial charge on any atom is -0.508 e. The first-order valence-electron chi connectivity index (χ1n) is 13.8. The molecule has 0 aliphatic carbocycles. The molecule has 1 aliphatic heterocycles. The molecule has 1 aromatic heterocycles. The first-order valence-corrected chi connectivity index (χ1v) is 13.8. The largest absolute Gasteiger partial charge is 0.508 e. The number of rotatable bonds is 9. The second kappa shape index (κ2) is 13.4. The number of aliphatic hydroxyl groups is 3. The number of esters is 1. The van der Waals surface area contributed by atoms with Crippen LogP contribution in [0.5, 0.6) is 34.5 Å². The van der Waals surface area contributed by atoms with Crippen molar-refractivity contribution in [2.75, 3.05) is 20.8 Å². The standard InChI is InChI=1S/C32H30O14/c1-41-18-12-20(35)25-22(13-18)44-30(16-6-9-19(34)21(11-16)42-2)31(27(25)38)46-32-29(40)28(39)26(37)23(45-32)14-43-24(36)10-5-15-3-7-17(33)8-4-15/h3-13,23,26,28-29,32-35,37,39-40H,14H2,1-2H3/b10-5+/t23-,26-,28+,29-,32+/m1/s1. The highest BCUT2D eigenvalue weighted by atomic mass is 16.7. The van der Waals surface area contributed by atoms with Crippen LogP contribution in [0.2, 0.25) is 0 Å². The first-order chi connectivity index (χ1) is 22.0. The molecule has 14 heteroatoms. The lowest BCUT2D eigenvalue weighted by Gasteiger charge is -2.39. The Morgan fingerprint density at radius 2 is 1.63 bits per heavy atom. The molecule has 1 fully saturated rings. The molecule has 2 heterocycles.